The standard InChI is InChI=1S/C22H31N5O3S.HI/c1-17(28)26-18-5-3-6-19(15-18)30-11-8-24-22(23-2)25-16-20(21-7-4-14-31-21)27-9-12-29-13-10-27;/h3-7,14-15,20H,8-13,16H2,1-2H3,(H,26,28)(H2,23,24,25);1H. The molecule has 176 valence electrons. The van der Waals surface area contributed by atoms with Gasteiger partial charge in [0, 0.05) is 50.2 Å². The second-order valence-electron chi connectivity index (χ2n) is 7.12. The number of rotatable bonds is 9. The van der Waals surface area contributed by atoms with E-state index < -0.39 is 0 Å². The molecule has 1 aliphatic rings. The topological polar surface area (TPSA) is 87.2 Å². The minimum absolute atomic E-state index is 0. The van der Waals surface area contributed by atoms with Crippen LogP contribution in [-0.2, 0) is 9.53 Å². The normalized spacial score (nSPS) is 15.4. The molecule has 0 radical (unpaired) electrons. The number of aliphatic imine (C=N–C) groups is 1. The van der Waals surface area contributed by atoms with Crippen LogP contribution in [0.3, 0.4) is 0 Å². The molecule has 1 fully saturated rings. The van der Waals surface area contributed by atoms with Crippen molar-refractivity contribution in [3.63, 3.8) is 0 Å². The second-order valence-corrected chi connectivity index (χ2v) is 8.10. The molecule has 1 atom stereocenters. The van der Waals surface area contributed by atoms with Gasteiger partial charge in [-0.3, -0.25) is 14.7 Å². The number of benzene rings is 1. The van der Waals surface area contributed by atoms with Crippen LogP contribution in [0.2, 0.25) is 0 Å². The zero-order valence-corrected chi connectivity index (χ0v) is 21.7. The van der Waals surface area contributed by atoms with Crippen molar-refractivity contribution < 1.29 is 14.3 Å². The van der Waals surface area contributed by atoms with Crippen molar-refractivity contribution in [3.05, 3.63) is 46.7 Å². The molecule has 3 N–H and O–H groups in total. The zero-order chi connectivity index (χ0) is 21.9. The monoisotopic (exact) mass is 573 g/mol. The summed E-state index contributed by atoms with van der Waals surface area (Å²) in [5, 5.41) is 11.6. The van der Waals surface area contributed by atoms with Gasteiger partial charge >= 0.3 is 0 Å². The number of guanidine groups is 1. The van der Waals surface area contributed by atoms with E-state index in [1.165, 1.54) is 11.8 Å². The first kappa shape index (κ1) is 26.4. The number of carbonyl (C=O) groups excluding carboxylic acids is 1. The molecule has 2 heterocycles. The zero-order valence-electron chi connectivity index (χ0n) is 18.5. The molecule has 32 heavy (non-hydrogen) atoms. The molecule has 1 unspecified atom stereocenters. The Morgan fingerprint density at radius 1 is 1.25 bits per heavy atom. The minimum atomic E-state index is -0.105. The molecule has 1 aromatic carbocycles. The van der Waals surface area contributed by atoms with Gasteiger partial charge in [0.15, 0.2) is 5.96 Å². The maximum atomic E-state index is 11.2. The number of nitrogens with zero attached hydrogens (tertiary/aromatic N) is 2. The van der Waals surface area contributed by atoms with E-state index in [4.69, 9.17) is 9.47 Å². The number of morpholine rings is 1. The first-order chi connectivity index (χ1) is 15.2. The van der Waals surface area contributed by atoms with Gasteiger partial charge in [0.2, 0.25) is 5.91 Å². The maximum absolute atomic E-state index is 11.2. The van der Waals surface area contributed by atoms with E-state index in [1.54, 1.807) is 18.4 Å². The highest BCUT2D eigenvalue weighted by atomic mass is 127. The van der Waals surface area contributed by atoms with E-state index in [9.17, 15) is 4.79 Å². The van der Waals surface area contributed by atoms with Crippen LogP contribution in [-0.4, -0.2) is 69.8 Å². The smallest absolute Gasteiger partial charge is 0.221 e. The summed E-state index contributed by atoms with van der Waals surface area (Å²) >= 11 is 1.78. The molecule has 1 aromatic heterocycles. The van der Waals surface area contributed by atoms with Crippen LogP contribution in [0.25, 0.3) is 0 Å². The van der Waals surface area contributed by atoms with E-state index in [2.05, 4.69) is 43.4 Å². The van der Waals surface area contributed by atoms with Crippen molar-refractivity contribution in [3.8, 4) is 5.75 Å². The fourth-order valence-electron chi connectivity index (χ4n) is 3.40. The van der Waals surface area contributed by atoms with Crippen molar-refractivity contribution >= 4 is 52.9 Å². The summed E-state index contributed by atoms with van der Waals surface area (Å²) in [4.78, 5) is 19.3. The third kappa shape index (κ3) is 8.57. The Kier molecular flexibility index (Phi) is 11.8. The van der Waals surface area contributed by atoms with E-state index in [1.807, 2.05) is 24.3 Å². The highest BCUT2D eigenvalue weighted by Crippen LogP contribution is 2.25. The van der Waals surface area contributed by atoms with Crippen LogP contribution in [0, 0.1) is 0 Å². The van der Waals surface area contributed by atoms with Crippen LogP contribution >= 0.6 is 35.3 Å². The molecule has 2 aromatic rings. The number of amides is 1. The number of anilines is 1. The molecule has 1 amide bonds. The van der Waals surface area contributed by atoms with Gasteiger partial charge in [0.05, 0.1) is 25.8 Å². The average molecular weight is 574 g/mol. The number of thiophene rings is 1. The molecule has 0 bridgehead atoms. The van der Waals surface area contributed by atoms with Crippen LogP contribution < -0.4 is 20.7 Å². The van der Waals surface area contributed by atoms with Crippen LogP contribution in [0.4, 0.5) is 5.69 Å². The SMILES string of the molecule is CN=C(NCCOc1cccc(NC(C)=O)c1)NCC(c1cccs1)N1CCOCC1.I. The fourth-order valence-corrected chi connectivity index (χ4v) is 4.26. The van der Waals surface area contributed by atoms with E-state index in [-0.39, 0.29) is 35.9 Å². The Balaban J connectivity index is 0.00000363. The highest BCUT2D eigenvalue weighted by molar-refractivity contribution is 14.0. The number of nitrogens with one attached hydrogen (secondary N) is 3. The first-order valence-electron chi connectivity index (χ1n) is 10.5. The van der Waals surface area contributed by atoms with Gasteiger partial charge in [-0.2, -0.15) is 0 Å². The molecule has 0 spiro atoms. The summed E-state index contributed by atoms with van der Waals surface area (Å²) in [5.41, 5.74) is 0.721. The van der Waals surface area contributed by atoms with Crippen molar-refractivity contribution in [2.24, 2.45) is 4.99 Å². The number of hydrogen-bond donors (Lipinski definition) is 3. The number of halogens is 1. The lowest BCUT2D eigenvalue weighted by molar-refractivity contribution is -0.114. The molecular weight excluding hydrogens is 541 g/mol. The Morgan fingerprint density at radius 2 is 2.06 bits per heavy atom. The summed E-state index contributed by atoms with van der Waals surface area (Å²) in [6.07, 6.45) is 0. The first-order valence-corrected chi connectivity index (χ1v) is 11.3. The van der Waals surface area contributed by atoms with Crippen LogP contribution in [0.5, 0.6) is 5.75 Å². The lowest BCUT2D eigenvalue weighted by Gasteiger charge is -2.34. The Hall–Kier alpha value is -1.89. The third-order valence-electron chi connectivity index (χ3n) is 4.86. The number of ether oxygens (including phenoxy) is 2. The van der Waals surface area contributed by atoms with Gasteiger partial charge < -0.3 is 25.4 Å². The predicted molar refractivity (Wildman–Crippen MR) is 140 cm³/mol. The Morgan fingerprint density at radius 3 is 2.75 bits per heavy atom. The molecule has 1 saturated heterocycles. The van der Waals surface area contributed by atoms with Crippen LogP contribution in [0.15, 0.2) is 46.8 Å². The molecular formula is C22H32IN5O3S. The summed E-state index contributed by atoms with van der Waals surface area (Å²) in [6, 6.07) is 11.9. The summed E-state index contributed by atoms with van der Waals surface area (Å²) in [7, 11) is 1.77. The maximum Gasteiger partial charge on any atom is 0.221 e. The highest BCUT2D eigenvalue weighted by Gasteiger charge is 2.23. The van der Waals surface area contributed by atoms with Crippen molar-refractivity contribution in [1.29, 1.82) is 0 Å². The van der Waals surface area contributed by atoms with Gasteiger partial charge in [-0.05, 0) is 23.6 Å². The summed E-state index contributed by atoms with van der Waals surface area (Å²) in [6.45, 7) is 6.74. The summed E-state index contributed by atoms with van der Waals surface area (Å²) in [5.74, 6) is 1.35. The van der Waals surface area contributed by atoms with E-state index >= 15 is 0 Å². The van der Waals surface area contributed by atoms with Crippen molar-refractivity contribution in [2.75, 3.05) is 58.4 Å². The average Bonchev–Trinajstić information content (AvgIpc) is 3.30. The quantitative estimate of drug-likeness (QED) is 0.185. The van der Waals surface area contributed by atoms with Gasteiger partial charge in [-0.25, -0.2) is 0 Å². The lowest BCUT2D eigenvalue weighted by atomic mass is 10.2. The van der Waals surface area contributed by atoms with Gasteiger partial charge in [0.1, 0.15) is 12.4 Å². The van der Waals surface area contributed by atoms with Crippen LogP contribution in [0.1, 0.15) is 17.8 Å². The Bertz CT molecular complexity index is 844. The molecule has 0 saturated carbocycles. The van der Waals surface area contributed by atoms with Gasteiger partial charge in [-0.15, -0.1) is 35.3 Å². The van der Waals surface area contributed by atoms with Crippen molar-refractivity contribution in [2.45, 2.75) is 13.0 Å². The molecule has 0 aliphatic carbocycles. The molecule has 10 heteroatoms. The van der Waals surface area contributed by atoms with Crippen molar-refractivity contribution in [1.82, 2.24) is 15.5 Å². The Labute approximate surface area is 210 Å². The second kappa shape index (κ2) is 14.3. The predicted octanol–water partition coefficient (Wildman–Crippen LogP) is 2.94. The lowest BCUT2D eigenvalue weighted by Crippen LogP contribution is -2.46. The molecule has 3 rings (SSSR count). The minimum Gasteiger partial charge on any atom is -0.492 e. The van der Waals surface area contributed by atoms with E-state index in [0.29, 0.717) is 18.9 Å². The van der Waals surface area contributed by atoms with Gasteiger partial charge in [-0.1, -0.05) is 12.1 Å². The summed E-state index contributed by atoms with van der Waals surface area (Å²) < 4.78 is 11.3. The fraction of sp³-hybridized carbons (Fsp3) is 0.455. The largest absolute Gasteiger partial charge is 0.492 e. The van der Waals surface area contributed by atoms with Gasteiger partial charge in [0.25, 0.3) is 0 Å². The molecule has 1 aliphatic heterocycles. The van der Waals surface area contributed by atoms with E-state index in [0.717, 1.165) is 44.5 Å². The molecule has 8 nitrogen and oxygen atoms in total. The third-order valence-corrected chi connectivity index (χ3v) is 5.84. The number of carbonyl (C=O) groups is 1. The number of hydrogen-bond acceptors (Lipinski definition) is 6.